The maximum absolute atomic E-state index is 11.1. The van der Waals surface area contributed by atoms with Crippen LogP contribution in [0.25, 0.3) is 0 Å². The summed E-state index contributed by atoms with van der Waals surface area (Å²) in [6.07, 6.45) is 1.56. The SMILES string of the molecule is NC(=O)C1CCN1c1ccccc1C=O. The molecule has 1 amide bonds. The number of hydrogen-bond donors (Lipinski definition) is 1. The molecule has 15 heavy (non-hydrogen) atoms. The van der Waals surface area contributed by atoms with Gasteiger partial charge in [0.2, 0.25) is 5.91 Å². The van der Waals surface area contributed by atoms with E-state index in [0.717, 1.165) is 24.9 Å². The van der Waals surface area contributed by atoms with E-state index in [-0.39, 0.29) is 11.9 Å². The highest BCUT2D eigenvalue weighted by Crippen LogP contribution is 2.28. The maximum atomic E-state index is 11.1. The summed E-state index contributed by atoms with van der Waals surface area (Å²) in [4.78, 5) is 23.7. The van der Waals surface area contributed by atoms with Gasteiger partial charge in [-0.3, -0.25) is 9.59 Å². The Morgan fingerprint density at radius 2 is 2.20 bits per heavy atom. The Labute approximate surface area is 87.7 Å². The third kappa shape index (κ3) is 1.58. The van der Waals surface area contributed by atoms with Gasteiger partial charge in [-0.15, -0.1) is 0 Å². The van der Waals surface area contributed by atoms with Crippen molar-refractivity contribution >= 4 is 17.9 Å². The zero-order valence-electron chi connectivity index (χ0n) is 8.22. The van der Waals surface area contributed by atoms with Crippen LogP contribution in [-0.2, 0) is 4.79 Å². The second-order valence-electron chi connectivity index (χ2n) is 3.58. The fourth-order valence-electron chi connectivity index (χ4n) is 1.82. The van der Waals surface area contributed by atoms with Gasteiger partial charge in [-0.25, -0.2) is 0 Å². The van der Waals surface area contributed by atoms with Crippen LogP contribution in [0, 0.1) is 0 Å². The average molecular weight is 204 g/mol. The van der Waals surface area contributed by atoms with E-state index in [2.05, 4.69) is 0 Å². The largest absolute Gasteiger partial charge is 0.368 e. The Balaban J connectivity index is 2.30. The summed E-state index contributed by atoms with van der Waals surface area (Å²) in [5.74, 6) is -0.332. The Morgan fingerprint density at radius 3 is 2.73 bits per heavy atom. The summed E-state index contributed by atoms with van der Waals surface area (Å²) in [6, 6.07) is 6.95. The van der Waals surface area contributed by atoms with Gasteiger partial charge in [-0.1, -0.05) is 12.1 Å². The van der Waals surface area contributed by atoms with Crippen molar-refractivity contribution in [3.05, 3.63) is 29.8 Å². The van der Waals surface area contributed by atoms with Gasteiger partial charge in [-0.05, 0) is 18.6 Å². The number of hydrogen-bond acceptors (Lipinski definition) is 3. The molecule has 2 rings (SSSR count). The van der Waals surface area contributed by atoms with E-state index in [1.807, 2.05) is 17.0 Å². The number of rotatable bonds is 3. The first kappa shape index (κ1) is 9.71. The van der Waals surface area contributed by atoms with Crippen molar-refractivity contribution in [2.45, 2.75) is 12.5 Å². The molecule has 1 atom stereocenters. The molecule has 2 N–H and O–H groups in total. The molecule has 4 heteroatoms. The fourth-order valence-corrected chi connectivity index (χ4v) is 1.82. The van der Waals surface area contributed by atoms with Crippen molar-refractivity contribution in [2.75, 3.05) is 11.4 Å². The van der Waals surface area contributed by atoms with E-state index in [0.29, 0.717) is 5.56 Å². The first-order valence-corrected chi connectivity index (χ1v) is 4.84. The summed E-state index contributed by atoms with van der Waals surface area (Å²) in [6.45, 7) is 0.776. The average Bonchev–Trinajstić information content (AvgIpc) is 2.16. The first-order valence-electron chi connectivity index (χ1n) is 4.84. The van der Waals surface area contributed by atoms with Gasteiger partial charge in [-0.2, -0.15) is 0 Å². The van der Waals surface area contributed by atoms with E-state index in [1.54, 1.807) is 12.1 Å². The van der Waals surface area contributed by atoms with Gasteiger partial charge in [0.1, 0.15) is 6.04 Å². The Hall–Kier alpha value is -1.84. The summed E-state index contributed by atoms with van der Waals surface area (Å²) >= 11 is 0. The molecular weight excluding hydrogens is 192 g/mol. The summed E-state index contributed by atoms with van der Waals surface area (Å²) < 4.78 is 0. The van der Waals surface area contributed by atoms with Crippen LogP contribution in [0.4, 0.5) is 5.69 Å². The molecule has 78 valence electrons. The van der Waals surface area contributed by atoms with Gasteiger partial charge in [0.05, 0.1) is 0 Å². The van der Waals surface area contributed by atoms with Crippen LogP contribution in [0.1, 0.15) is 16.8 Å². The second-order valence-corrected chi connectivity index (χ2v) is 3.58. The number of para-hydroxylation sites is 1. The molecule has 4 nitrogen and oxygen atoms in total. The van der Waals surface area contributed by atoms with Crippen LogP contribution in [0.15, 0.2) is 24.3 Å². The van der Waals surface area contributed by atoms with Gasteiger partial charge in [0.25, 0.3) is 0 Å². The maximum Gasteiger partial charge on any atom is 0.240 e. The minimum atomic E-state index is -0.332. The van der Waals surface area contributed by atoms with Crippen LogP contribution in [0.5, 0.6) is 0 Å². The Morgan fingerprint density at radius 1 is 1.47 bits per heavy atom. The summed E-state index contributed by atoms with van der Waals surface area (Å²) in [5.41, 5.74) is 6.64. The van der Waals surface area contributed by atoms with Crippen molar-refractivity contribution in [3.63, 3.8) is 0 Å². The van der Waals surface area contributed by atoms with Crippen molar-refractivity contribution < 1.29 is 9.59 Å². The highest BCUT2D eigenvalue weighted by atomic mass is 16.1. The van der Waals surface area contributed by atoms with Gasteiger partial charge in [0, 0.05) is 17.8 Å². The minimum absolute atomic E-state index is 0.258. The van der Waals surface area contributed by atoms with Crippen molar-refractivity contribution in [1.82, 2.24) is 0 Å². The summed E-state index contributed by atoms with van der Waals surface area (Å²) in [5, 5.41) is 0. The number of amides is 1. The van der Waals surface area contributed by atoms with Crippen molar-refractivity contribution in [3.8, 4) is 0 Å². The van der Waals surface area contributed by atoms with E-state index >= 15 is 0 Å². The highest BCUT2D eigenvalue weighted by molar-refractivity contribution is 5.90. The van der Waals surface area contributed by atoms with E-state index in [4.69, 9.17) is 5.73 Å². The Bertz CT molecular complexity index is 403. The van der Waals surface area contributed by atoms with Crippen LogP contribution in [0.2, 0.25) is 0 Å². The van der Waals surface area contributed by atoms with Crippen LogP contribution < -0.4 is 10.6 Å². The zero-order chi connectivity index (χ0) is 10.8. The molecule has 0 spiro atoms. The van der Waals surface area contributed by atoms with Crippen molar-refractivity contribution in [2.24, 2.45) is 5.73 Å². The number of nitrogens with two attached hydrogens (primary N) is 1. The monoisotopic (exact) mass is 204 g/mol. The molecule has 0 bridgehead atoms. The number of benzene rings is 1. The van der Waals surface area contributed by atoms with Gasteiger partial charge in [0.15, 0.2) is 6.29 Å². The van der Waals surface area contributed by atoms with Crippen LogP contribution in [0.3, 0.4) is 0 Å². The lowest BCUT2D eigenvalue weighted by atomic mass is 9.99. The molecule has 1 fully saturated rings. The van der Waals surface area contributed by atoms with E-state index in [9.17, 15) is 9.59 Å². The number of carbonyl (C=O) groups is 2. The predicted molar refractivity (Wildman–Crippen MR) is 56.8 cm³/mol. The first-order chi connectivity index (χ1) is 7.24. The van der Waals surface area contributed by atoms with E-state index in [1.165, 1.54) is 0 Å². The molecule has 1 aliphatic rings. The molecule has 1 aliphatic heterocycles. The van der Waals surface area contributed by atoms with E-state index < -0.39 is 0 Å². The highest BCUT2D eigenvalue weighted by Gasteiger charge is 2.33. The molecule has 1 saturated heterocycles. The Kier molecular flexibility index (Phi) is 2.41. The van der Waals surface area contributed by atoms with Crippen molar-refractivity contribution in [1.29, 1.82) is 0 Å². The standard InChI is InChI=1S/C11H12N2O2/c12-11(15)10-5-6-13(10)9-4-2-1-3-8(9)7-14/h1-4,7,10H,5-6H2,(H2,12,15). The molecule has 0 aliphatic carbocycles. The third-order valence-electron chi connectivity index (χ3n) is 2.72. The van der Waals surface area contributed by atoms with Crippen LogP contribution >= 0.6 is 0 Å². The molecule has 1 aromatic rings. The number of anilines is 1. The number of nitrogens with zero attached hydrogens (tertiary/aromatic N) is 1. The molecule has 0 radical (unpaired) electrons. The number of primary amides is 1. The number of carbonyl (C=O) groups excluding carboxylic acids is 2. The minimum Gasteiger partial charge on any atom is -0.368 e. The fraction of sp³-hybridized carbons (Fsp3) is 0.273. The van der Waals surface area contributed by atoms with Crippen LogP contribution in [-0.4, -0.2) is 24.8 Å². The second kappa shape index (κ2) is 3.73. The third-order valence-corrected chi connectivity index (χ3v) is 2.72. The molecule has 1 unspecified atom stereocenters. The molecule has 1 aromatic carbocycles. The smallest absolute Gasteiger partial charge is 0.240 e. The normalized spacial score (nSPS) is 19.5. The van der Waals surface area contributed by atoms with Gasteiger partial charge >= 0.3 is 0 Å². The lowest BCUT2D eigenvalue weighted by molar-refractivity contribution is -0.120. The lowest BCUT2D eigenvalue weighted by Crippen LogP contribution is -2.55. The quantitative estimate of drug-likeness (QED) is 0.732. The molecule has 0 saturated carbocycles. The zero-order valence-corrected chi connectivity index (χ0v) is 8.22. The molecule has 0 aromatic heterocycles. The lowest BCUT2D eigenvalue weighted by Gasteiger charge is -2.41. The molecular formula is C11H12N2O2. The predicted octanol–water partition coefficient (Wildman–Crippen LogP) is 0.563. The van der Waals surface area contributed by atoms with Gasteiger partial charge < -0.3 is 10.6 Å². The molecule has 1 heterocycles. The topological polar surface area (TPSA) is 63.4 Å². The summed E-state index contributed by atoms with van der Waals surface area (Å²) in [7, 11) is 0. The number of aldehydes is 1.